The lowest BCUT2D eigenvalue weighted by molar-refractivity contribution is 0.0902. The molecular formula is C14H20ClFN2O2. The lowest BCUT2D eigenvalue weighted by atomic mass is 9.97. The van der Waals surface area contributed by atoms with E-state index < -0.39 is 5.82 Å². The number of rotatable bonds is 4. The molecule has 1 aliphatic carbocycles. The fraction of sp³-hybridized carbons (Fsp3) is 0.500. The Morgan fingerprint density at radius 2 is 2.10 bits per heavy atom. The van der Waals surface area contributed by atoms with Crippen LogP contribution in [0.2, 0.25) is 0 Å². The molecule has 1 aromatic rings. The number of carbonyl (C=O) groups is 1. The summed E-state index contributed by atoms with van der Waals surface area (Å²) in [4.78, 5) is 12.2. The zero-order chi connectivity index (χ0) is 13.9. The Morgan fingerprint density at radius 3 is 2.65 bits per heavy atom. The molecule has 0 saturated heterocycles. The molecule has 1 aromatic carbocycles. The summed E-state index contributed by atoms with van der Waals surface area (Å²) in [5.41, 5.74) is 5.86. The molecule has 0 aliphatic heterocycles. The van der Waals surface area contributed by atoms with E-state index in [-0.39, 0.29) is 29.6 Å². The van der Waals surface area contributed by atoms with Crippen LogP contribution in [0.5, 0.6) is 5.75 Å². The first-order valence-corrected chi connectivity index (χ1v) is 6.46. The smallest absolute Gasteiger partial charge is 0.251 e. The largest absolute Gasteiger partial charge is 0.494 e. The monoisotopic (exact) mass is 302 g/mol. The number of hydrogen-bond donors (Lipinski definition) is 2. The Morgan fingerprint density at radius 1 is 1.45 bits per heavy atom. The Bertz CT molecular complexity index is 476. The van der Waals surface area contributed by atoms with Crippen LogP contribution in [0.1, 0.15) is 36.0 Å². The fourth-order valence-corrected chi connectivity index (χ4v) is 2.55. The predicted molar refractivity (Wildman–Crippen MR) is 77.9 cm³/mol. The SMILES string of the molecule is COc1cc(C(=O)NC2(CN)CCCC2)ccc1F.Cl. The molecule has 0 heterocycles. The van der Waals surface area contributed by atoms with E-state index in [0.29, 0.717) is 12.1 Å². The van der Waals surface area contributed by atoms with E-state index in [4.69, 9.17) is 10.5 Å². The minimum Gasteiger partial charge on any atom is -0.494 e. The molecule has 2 rings (SSSR count). The molecule has 6 heteroatoms. The second kappa shape index (κ2) is 6.90. The molecule has 0 radical (unpaired) electrons. The number of amides is 1. The Labute approximate surface area is 124 Å². The number of ether oxygens (including phenoxy) is 1. The van der Waals surface area contributed by atoms with Gasteiger partial charge in [0, 0.05) is 12.1 Å². The lowest BCUT2D eigenvalue weighted by Gasteiger charge is -2.28. The average Bonchev–Trinajstić information content (AvgIpc) is 2.88. The van der Waals surface area contributed by atoms with Gasteiger partial charge in [0.15, 0.2) is 11.6 Å². The molecule has 0 aromatic heterocycles. The predicted octanol–water partition coefficient (Wildman–Crippen LogP) is 2.26. The molecular weight excluding hydrogens is 283 g/mol. The minimum absolute atomic E-state index is 0. The summed E-state index contributed by atoms with van der Waals surface area (Å²) in [6.07, 6.45) is 3.94. The van der Waals surface area contributed by atoms with Crippen molar-refractivity contribution < 1.29 is 13.9 Å². The highest BCUT2D eigenvalue weighted by Gasteiger charge is 2.34. The summed E-state index contributed by atoms with van der Waals surface area (Å²) >= 11 is 0. The molecule has 0 atom stereocenters. The van der Waals surface area contributed by atoms with Crippen molar-refractivity contribution in [3.05, 3.63) is 29.6 Å². The van der Waals surface area contributed by atoms with Crippen LogP contribution in [0, 0.1) is 5.82 Å². The van der Waals surface area contributed by atoms with Gasteiger partial charge in [-0.05, 0) is 31.0 Å². The van der Waals surface area contributed by atoms with Crippen LogP contribution in [0.4, 0.5) is 4.39 Å². The number of carbonyl (C=O) groups excluding carboxylic acids is 1. The second-order valence-electron chi connectivity index (χ2n) is 5.00. The van der Waals surface area contributed by atoms with Gasteiger partial charge >= 0.3 is 0 Å². The van der Waals surface area contributed by atoms with Gasteiger partial charge in [-0.15, -0.1) is 12.4 Å². The second-order valence-corrected chi connectivity index (χ2v) is 5.00. The first-order valence-electron chi connectivity index (χ1n) is 6.46. The van der Waals surface area contributed by atoms with Crippen molar-refractivity contribution in [2.45, 2.75) is 31.2 Å². The molecule has 0 spiro atoms. The molecule has 112 valence electrons. The number of nitrogens with two attached hydrogens (primary N) is 1. The zero-order valence-corrected chi connectivity index (χ0v) is 12.3. The van der Waals surface area contributed by atoms with Crippen LogP contribution in [-0.2, 0) is 0 Å². The van der Waals surface area contributed by atoms with Crippen LogP contribution < -0.4 is 15.8 Å². The summed E-state index contributed by atoms with van der Waals surface area (Å²) in [6, 6.07) is 4.09. The van der Waals surface area contributed by atoms with Crippen molar-refractivity contribution in [1.82, 2.24) is 5.32 Å². The van der Waals surface area contributed by atoms with Crippen molar-refractivity contribution in [2.24, 2.45) is 5.73 Å². The minimum atomic E-state index is -0.478. The van der Waals surface area contributed by atoms with E-state index in [2.05, 4.69) is 5.32 Å². The standard InChI is InChI=1S/C14H19FN2O2.ClH/c1-19-12-8-10(4-5-11(12)15)13(18)17-14(9-16)6-2-3-7-14;/h4-5,8H,2-3,6-7,9,16H2,1H3,(H,17,18);1H. The first kappa shape index (κ1) is 16.7. The van der Waals surface area contributed by atoms with Crippen molar-refractivity contribution >= 4 is 18.3 Å². The number of nitrogens with one attached hydrogen (secondary N) is 1. The molecule has 1 fully saturated rings. The Kier molecular flexibility index (Phi) is 5.77. The van der Waals surface area contributed by atoms with Crippen LogP contribution in [0.15, 0.2) is 18.2 Å². The quantitative estimate of drug-likeness (QED) is 0.896. The number of halogens is 2. The maximum absolute atomic E-state index is 13.3. The van der Waals surface area contributed by atoms with E-state index in [1.807, 2.05) is 0 Å². The molecule has 3 N–H and O–H groups in total. The molecule has 1 saturated carbocycles. The van der Waals surface area contributed by atoms with Crippen LogP contribution in [0.25, 0.3) is 0 Å². The van der Waals surface area contributed by atoms with Gasteiger partial charge < -0.3 is 15.8 Å². The Hall–Kier alpha value is -1.33. The van der Waals surface area contributed by atoms with Gasteiger partial charge in [-0.3, -0.25) is 4.79 Å². The Balaban J connectivity index is 0.00000200. The summed E-state index contributed by atoms with van der Waals surface area (Å²) < 4.78 is 18.2. The maximum Gasteiger partial charge on any atom is 0.251 e. The van der Waals surface area contributed by atoms with Crippen LogP contribution in [0.3, 0.4) is 0 Å². The third-order valence-electron chi connectivity index (χ3n) is 3.74. The molecule has 1 aliphatic rings. The highest BCUT2D eigenvalue weighted by Crippen LogP contribution is 2.29. The van der Waals surface area contributed by atoms with E-state index in [1.54, 1.807) is 0 Å². The van der Waals surface area contributed by atoms with E-state index in [0.717, 1.165) is 25.7 Å². The van der Waals surface area contributed by atoms with Gasteiger partial charge in [-0.2, -0.15) is 0 Å². The lowest BCUT2D eigenvalue weighted by Crippen LogP contribution is -2.51. The van der Waals surface area contributed by atoms with Crippen molar-refractivity contribution in [1.29, 1.82) is 0 Å². The van der Waals surface area contributed by atoms with Gasteiger partial charge in [0.25, 0.3) is 5.91 Å². The van der Waals surface area contributed by atoms with Crippen LogP contribution in [-0.4, -0.2) is 25.1 Å². The summed E-state index contributed by atoms with van der Waals surface area (Å²) in [5, 5.41) is 2.99. The molecule has 20 heavy (non-hydrogen) atoms. The van der Waals surface area contributed by atoms with E-state index in [1.165, 1.54) is 25.3 Å². The number of hydrogen-bond acceptors (Lipinski definition) is 3. The van der Waals surface area contributed by atoms with Gasteiger partial charge in [0.2, 0.25) is 0 Å². The fourth-order valence-electron chi connectivity index (χ4n) is 2.55. The summed E-state index contributed by atoms with van der Waals surface area (Å²) in [5.74, 6) is -0.639. The van der Waals surface area contributed by atoms with Crippen molar-refractivity contribution in [3.63, 3.8) is 0 Å². The average molecular weight is 303 g/mol. The molecule has 0 unspecified atom stereocenters. The van der Waals surface area contributed by atoms with Gasteiger partial charge in [0.05, 0.1) is 12.6 Å². The van der Waals surface area contributed by atoms with Gasteiger partial charge in [-0.1, -0.05) is 12.8 Å². The molecule has 0 bridgehead atoms. The topological polar surface area (TPSA) is 64.3 Å². The third kappa shape index (κ3) is 3.41. The number of benzene rings is 1. The van der Waals surface area contributed by atoms with Crippen molar-refractivity contribution in [2.75, 3.05) is 13.7 Å². The van der Waals surface area contributed by atoms with E-state index in [9.17, 15) is 9.18 Å². The van der Waals surface area contributed by atoms with E-state index >= 15 is 0 Å². The summed E-state index contributed by atoms with van der Waals surface area (Å²) in [7, 11) is 1.37. The highest BCUT2D eigenvalue weighted by atomic mass is 35.5. The normalized spacial score (nSPS) is 16.4. The third-order valence-corrected chi connectivity index (χ3v) is 3.74. The molecule has 1 amide bonds. The molecule has 4 nitrogen and oxygen atoms in total. The maximum atomic E-state index is 13.3. The first-order chi connectivity index (χ1) is 9.10. The van der Waals surface area contributed by atoms with Gasteiger partial charge in [-0.25, -0.2) is 4.39 Å². The zero-order valence-electron chi connectivity index (χ0n) is 11.4. The van der Waals surface area contributed by atoms with Crippen LogP contribution >= 0.6 is 12.4 Å². The highest BCUT2D eigenvalue weighted by molar-refractivity contribution is 5.95. The summed E-state index contributed by atoms with van der Waals surface area (Å²) in [6.45, 7) is 0.428. The van der Waals surface area contributed by atoms with Crippen molar-refractivity contribution in [3.8, 4) is 5.75 Å². The number of methoxy groups -OCH3 is 1. The van der Waals surface area contributed by atoms with Gasteiger partial charge in [0.1, 0.15) is 0 Å².